The summed E-state index contributed by atoms with van der Waals surface area (Å²) >= 11 is 1.38. The second kappa shape index (κ2) is 7.31. The SMILES string of the molecule is COc1ccc(Nc2nc(-c3ccc(NC(C)=O)cc3F)cs2)cc1. The molecule has 25 heavy (non-hydrogen) atoms. The number of anilines is 3. The Balaban J connectivity index is 1.77. The van der Waals surface area contributed by atoms with E-state index in [0.29, 0.717) is 22.1 Å². The monoisotopic (exact) mass is 357 g/mol. The maximum atomic E-state index is 14.3. The van der Waals surface area contributed by atoms with Crippen molar-refractivity contribution in [1.82, 2.24) is 4.98 Å². The van der Waals surface area contributed by atoms with E-state index >= 15 is 0 Å². The molecule has 0 aliphatic rings. The lowest BCUT2D eigenvalue weighted by molar-refractivity contribution is -0.114. The van der Waals surface area contributed by atoms with E-state index in [1.54, 1.807) is 24.6 Å². The fourth-order valence-electron chi connectivity index (χ4n) is 2.26. The van der Waals surface area contributed by atoms with Crippen molar-refractivity contribution in [3.63, 3.8) is 0 Å². The summed E-state index contributed by atoms with van der Waals surface area (Å²) in [6.45, 7) is 1.38. The molecule has 2 N–H and O–H groups in total. The van der Waals surface area contributed by atoms with Gasteiger partial charge in [0.15, 0.2) is 5.13 Å². The van der Waals surface area contributed by atoms with Gasteiger partial charge >= 0.3 is 0 Å². The number of aromatic nitrogens is 1. The molecular weight excluding hydrogens is 341 g/mol. The summed E-state index contributed by atoms with van der Waals surface area (Å²) in [5.74, 6) is 0.0889. The van der Waals surface area contributed by atoms with E-state index < -0.39 is 5.82 Å². The largest absolute Gasteiger partial charge is 0.497 e. The van der Waals surface area contributed by atoms with E-state index in [1.165, 1.54) is 24.3 Å². The molecule has 0 radical (unpaired) electrons. The zero-order valence-electron chi connectivity index (χ0n) is 13.7. The van der Waals surface area contributed by atoms with E-state index in [4.69, 9.17) is 4.74 Å². The van der Waals surface area contributed by atoms with E-state index in [0.717, 1.165) is 11.4 Å². The van der Waals surface area contributed by atoms with Gasteiger partial charge in [-0.2, -0.15) is 0 Å². The summed E-state index contributed by atoms with van der Waals surface area (Å²) in [5.41, 5.74) is 2.20. The maximum absolute atomic E-state index is 14.3. The van der Waals surface area contributed by atoms with Crippen LogP contribution in [0, 0.1) is 5.82 Å². The molecule has 0 atom stereocenters. The highest BCUT2D eigenvalue weighted by Crippen LogP contribution is 2.30. The summed E-state index contributed by atoms with van der Waals surface area (Å²) in [5, 5.41) is 8.16. The van der Waals surface area contributed by atoms with Crippen LogP contribution in [0.5, 0.6) is 5.75 Å². The van der Waals surface area contributed by atoms with Crippen LogP contribution in [-0.2, 0) is 4.79 Å². The van der Waals surface area contributed by atoms with Crippen molar-refractivity contribution >= 4 is 33.8 Å². The van der Waals surface area contributed by atoms with Gasteiger partial charge in [0, 0.05) is 29.2 Å². The van der Waals surface area contributed by atoms with E-state index in [1.807, 2.05) is 24.3 Å². The van der Waals surface area contributed by atoms with Crippen LogP contribution in [0.3, 0.4) is 0 Å². The number of hydrogen-bond donors (Lipinski definition) is 2. The molecule has 1 heterocycles. The van der Waals surface area contributed by atoms with Crippen molar-refractivity contribution in [3.05, 3.63) is 53.7 Å². The highest BCUT2D eigenvalue weighted by atomic mass is 32.1. The Kier molecular flexibility index (Phi) is 4.95. The molecule has 0 saturated heterocycles. The lowest BCUT2D eigenvalue weighted by Gasteiger charge is -2.05. The number of ether oxygens (including phenoxy) is 1. The van der Waals surface area contributed by atoms with Gasteiger partial charge < -0.3 is 15.4 Å². The van der Waals surface area contributed by atoms with E-state index in [-0.39, 0.29) is 5.91 Å². The molecule has 128 valence electrons. The van der Waals surface area contributed by atoms with Crippen molar-refractivity contribution in [2.75, 3.05) is 17.7 Å². The zero-order chi connectivity index (χ0) is 17.8. The van der Waals surface area contributed by atoms with Crippen molar-refractivity contribution in [2.24, 2.45) is 0 Å². The smallest absolute Gasteiger partial charge is 0.221 e. The first-order chi connectivity index (χ1) is 12.0. The Morgan fingerprint density at radius 1 is 1.16 bits per heavy atom. The van der Waals surface area contributed by atoms with Crippen LogP contribution in [0.2, 0.25) is 0 Å². The molecule has 0 fully saturated rings. The van der Waals surface area contributed by atoms with Crippen LogP contribution in [-0.4, -0.2) is 18.0 Å². The molecule has 0 unspecified atom stereocenters. The lowest BCUT2D eigenvalue weighted by Crippen LogP contribution is -2.05. The van der Waals surface area contributed by atoms with Crippen LogP contribution < -0.4 is 15.4 Å². The standard InChI is InChI=1S/C18H16FN3O2S/c1-11(23)20-13-5-8-15(16(19)9-13)17-10-25-18(22-17)21-12-3-6-14(24-2)7-4-12/h3-10H,1-2H3,(H,20,23)(H,21,22). The van der Waals surface area contributed by atoms with E-state index in [2.05, 4.69) is 15.6 Å². The van der Waals surface area contributed by atoms with Crippen LogP contribution in [0.4, 0.5) is 20.9 Å². The summed E-state index contributed by atoms with van der Waals surface area (Å²) in [6, 6.07) is 12.0. The maximum Gasteiger partial charge on any atom is 0.221 e. The van der Waals surface area contributed by atoms with Gasteiger partial charge in [-0.25, -0.2) is 9.37 Å². The third-order valence-electron chi connectivity index (χ3n) is 3.41. The van der Waals surface area contributed by atoms with Crippen molar-refractivity contribution in [2.45, 2.75) is 6.92 Å². The minimum absolute atomic E-state index is 0.244. The Hall–Kier alpha value is -2.93. The highest BCUT2D eigenvalue weighted by molar-refractivity contribution is 7.14. The number of nitrogens with one attached hydrogen (secondary N) is 2. The quantitative estimate of drug-likeness (QED) is 0.697. The Bertz CT molecular complexity index is 894. The zero-order valence-corrected chi connectivity index (χ0v) is 14.5. The fraction of sp³-hybridized carbons (Fsp3) is 0.111. The van der Waals surface area contributed by atoms with Crippen molar-refractivity contribution in [3.8, 4) is 17.0 Å². The summed E-state index contributed by atoms with van der Waals surface area (Å²) in [7, 11) is 1.61. The summed E-state index contributed by atoms with van der Waals surface area (Å²) in [6.07, 6.45) is 0. The first kappa shape index (κ1) is 16.9. The number of carbonyl (C=O) groups excluding carboxylic acids is 1. The molecule has 3 rings (SSSR count). The molecule has 3 aromatic rings. The summed E-state index contributed by atoms with van der Waals surface area (Å²) < 4.78 is 19.4. The molecule has 0 bridgehead atoms. The minimum atomic E-state index is -0.437. The molecule has 0 saturated carbocycles. The predicted octanol–water partition coefficient (Wildman–Crippen LogP) is 4.66. The Labute approximate surface area is 148 Å². The molecule has 0 aliphatic heterocycles. The van der Waals surface area contributed by atoms with Gasteiger partial charge in [-0.1, -0.05) is 0 Å². The third kappa shape index (κ3) is 4.13. The molecule has 1 aromatic heterocycles. The number of hydrogen-bond acceptors (Lipinski definition) is 5. The van der Waals surface area contributed by atoms with Gasteiger partial charge in [-0.15, -0.1) is 11.3 Å². The van der Waals surface area contributed by atoms with Crippen molar-refractivity contribution in [1.29, 1.82) is 0 Å². The van der Waals surface area contributed by atoms with Crippen LogP contribution >= 0.6 is 11.3 Å². The van der Waals surface area contributed by atoms with E-state index in [9.17, 15) is 9.18 Å². The Morgan fingerprint density at radius 3 is 2.52 bits per heavy atom. The van der Waals surface area contributed by atoms with Gasteiger partial charge in [0.1, 0.15) is 11.6 Å². The van der Waals surface area contributed by atoms with Crippen LogP contribution in [0.15, 0.2) is 47.8 Å². The number of amides is 1. The second-order valence-electron chi connectivity index (χ2n) is 5.27. The van der Waals surface area contributed by atoms with Gasteiger partial charge in [-0.3, -0.25) is 4.79 Å². The van der Waals surface area contributed by atoms with Crippen LogP contribution in [0.1, 0.15) is 6.92 Å². The Morgan fingerprint density at radius 2 is 1.88 bits per heavy atom. The number of nitrogens with zero attached hydrogens (tertiary/aromatic N) is 1. The molecule has 0 spiro atoms. The minimum Gasteiger partial charge on any atom is -0.497 e. The summed E-state index contributed by atoms with van der Waals surface area (Å²) in [4.78, 5) is 15.5. The van der Waals surface area contributed by atoms with Crippen LogP contribution in [0.25, 0.3) is 11.3 Å². The van der Waals surface area contributed by atoms with Gasteiger partial charge in [-0.05, 0) is 42.5 Å². The lowest BCUT2D eigenvalue weighted by atomic mass is 10.1. The normalized spacial score (nSPS) is 10.4. The first-order valence-corrected chi connectivity index (χ1v) is 8.37. The molecule has 0 aliphatic carbocycles. The number of rotatable bonds is 5. The number of carbonyl (C=O) groups is 1. The average Bonchev–Trinajstić information content (AvgIpc) is 3.03. The number of thiazole rings is 1. The predicted molar refractivity (Wildman–Crippen MR) is 98.1 cm³/mol. The van der Waals surface area contributed by atoms with Gasteiger partial charge in [0.05, 0.1) is 12.8 Å². The fourth-order valence-corrected chi connectivity index (χ4v) is 2.99. The molecule has 7 heteroatoms. The molecule has 2 aromatic carbocycles. The third-order valence-corrected chi connectivity index (χ3v) is 4.17. The number of benzene rings is 2. The molecular formula is C18H16FN3O2S. The van der Waals surface area contributed by atoms with Crippen molar-refractivity contribution < 1.29 is 13.9 Å². The van der Waals surface area contributed by atoms with Gasteiger partial charge in [0.2, 0.25) is 5.91 Å². The molecule has 1 amide bonds. The van der Waals surface area contributed by atoms with Gasteiger partial charge in [0.25, 0.3) is 0 Å². The topological polar surface area (TPSA) is 63.2 Å². The average molecular weight is 357 g/mol. The number of halogens is 1. The first-order valence-electron chi connectivity index (χ1n) is 7.49. The number of methoxy groups -OCH3 is 1. The molecule has 5 nitrogen and oxygen atoms in total. The highest BCUT2D eigenvalue weighted by Gasteiger charge is 2.11. The second-order valence-corrected chi connectivity index (χ2v) is 6.13.